The highest BCUT2D eigenvalue weighted by atomic mass is 35.5. The van der Waals surface area contributed by atoms with Gasteiger partial charge in [0, 0.05) is 18.5 Å². The molecule has 1 aliphatic heterocycles. The molecule has 1 aromatic heterocycles. The predicted molar refractivity (Wildman–Crippen MR) is 85.3 cm³/mol. The van der Waals surface area contributed by atoms with E-state index in [1.165, 1.54) is 24.1 Å². The first-order valence-electron chi connectivity index (χ1n) is 7.21. The summed E-state index contributed by atoms with van der Waals surface area (Å²) in [5.41, 5.74) is -0.107. The number of carbonyl (C=O) groups excluding carboxylic acids is 1. The molecule has 1 aromatic rings. The van der Waals surface area contributed by atoms with E-state index in [9.17, 15) is 4.79 Å². The van der Waals surface area contributed by atoms with E-state index in [1.54, 1.807) is 11.3 Å². The summed E-state index contributed by atoms with van der Waals surface area (Å²) >= 11 is 1.73. The molecule has 112 valence electrons. The van der Waals surface area contributed by atoms with Crippen LogP contribution in [0, 0.1) is 11.3 Å². The van der Waals surface area contributed by atoms with Gasteiger partial charge in [-0.3, -0.25) is 4.79 Å². The number of halogens is 1. The van der Waals surface area contributed by atoms with E-state index >= 15 is 0 Å². The van der Waals surface area contributed by atoms with Gasteiger partial charge in [0.1, 0.15) is 0 Å². The van der Waals surface area contributed by atoms with Crippen molar-refractivity contribution in [1.29, 1.82) is 0 Å². The quantitative estimate of drug-likeness (QED) is 0.930. The molecule has 0 unspecified atom stereocenters. The molecule has 2 aliphatic rings. The molecule has 2 heterocycles. The summed E-state index contributed by atoms with van der Waals surface area (Å²) in [6.45, 7) is 2.66. The van der Waals surface area contributed by atoms with Crippen molar-refractivity contribution in [3.8, 4) is 0 Å². The Morgan fingerprint density at radius 3 is 3.15 bits per heavy atom. The van der Waals surface area contributed by atoms with Gasteiger partial charge in [-0.05, 0) is 36.8 Å². The third-order valence-electron chi connectivity index (χ3n) is 4.78. The zero-order valence-corrected chi connectivity index (χ0v) is 13.6. The molecule has 20 heavy (non-hydrogen) atoms. The van der Waals surface area contributed by atoms with Crippen LogP contribution in [0.3, 0.4) is 0 Å². The van der Waals surface area contributed by atoms with Gasteiger partial charge in [0.05, 0.1) is 12.0 Å². The zero-order valence-electron chi connectivity index (χ0n) is 11.9. The number of hydrogen-bond donors (Lipinski definition) is 1. The average molecular weight is 315 g/mol. The summed E-state index contributed by atoms with van der Waals surface area (Å²) in [5.74, 6) is 0.912. The van der Waals surface area contributed by atoms with Gasteiger partial charge in [-0.1, -0.05) is 18.9 Å². The minimum absolute atomic E-state index is 0. The Kier molecular flexibility index (Phi) is 5.10. The Labute approximate surface area is 131 Å². The number of fused-ring (bicyclic) bond motifs is 1. The third kappa shape index (κ3) is 2.74. The zero-order chi connectivity index (χ0) is 13.3. The lowest BCUT2D eigenvalue weighted by atomic mass is 9.67. The van der Waals surface area contributed by atoms with E-state index in [0.29, 0.717) is 11.8 Å². The molecule has 5 heteroatoms. The summed E-state index contributed by atoms with van der Waals surface area (Å²) in [5, 5.41) is 5.53. The van der Waals surface area contributed by atoms with Crippen molar-refractivity contribution in [2.24, 2.45) is 11.3 Å². The first-order chi connectivity index (χ1) is 9.22. The van der Waals surface area contributed by atoms with Gasteiger partial charge in [-0.15, -0.1) is 23.7 Å². The van der Waals surface area contributed by atoms with Crippen molar-refractivity contribution in [3.63, 3.8) is 0 Å². The van der Waals surface area contributed by atoms with Gasteiger partial charge in [-0.25, -0.2) is 0 Å². The number of amides is 1. The first kappa shape index (κ1) is 15.8. The first-order valence-corrected chi connectivity index (χ1v) is 8.09. The maximum absolute atomic E-state index is 12.9. The smallest absolute Gasteiger partial charge is 0.230 e. The van der Waals surface area contributed by atoms with Crippen LogP contribution in [0.1, 0.15) is 30.6 Å². The van der Waals surface area contributed by atoms with Crippen molar-refractivity contribution >= 4 is 29.7 Å². The number of rotatable bonds is 3. The highest BCUT2D eigenvalue weighted by molar-refractivity contribution is 7.09. The van der Waals surface area contributed by atoms with E-state index in [2.05, 4.69) is 22.8 Å². The van der Waals surface area contributed by atoms with Crippen LogP contribution < -0.4 is 5.32 Å². The maximum atomic E-state index is 12.9. The Morgan fingerprint density at radius 1 is 1.55 bits per heavy atom. The van der Waals surface area contributed by atoms with Crippen LogP contribution in [0.5, 0.6) is 0 Å². The Morgan fingerprint density at radius 2 is 2.40 bits per heavy atom. The van der Waals surface area contributed by atoms with Gasteiger partial charge in [-0.2, -0.15) is 0 Å². The summed E-state index contributed by atoms with van der Waals surface area (Å²) in [6.07, 6.45) is 4.77. The normalized spacial score (nSPS) is 28.6. The highest BCUT2D eigenvalue weighted by Crippen LogP contribution is 2.45. The average Bonchev–Trinajstić information content (AvgIpc) is 3.06. The van der Waals surface area contributed by atoms with Gasteiger partial charge in [0.25, 0.3) is 0 Å². The van der Waals surface area contributed by atoms with Crippen molar-refractivity contribution in [2.75, 3.05) is 20.1 Å². The van der Waals surface area contributed by atoms with Crippen LogP contribution in [0.4, 0.5) is 0 Å². The van der Waals surface area contributed by atoms with Crippen LogP contribution in [0.15, 0.2) is 17.5 Å². The van der Waals surface area contributed by atoms with Crippen molar-refractivity contribution in [1.82, 2.24) is 10.2 Å². The fraction of sp³-hybridized carbons (Fsp3) is 0.667. The van der Waals surface area contributed by atoms with Crippen LogP contribution in [0.25, 0.3) is 0 Å². The molecule has 2 fully saturated rings. The van der Waals surface area contributed by atoms with E-state index < -0.39 is 0 Å². The number of nitrogens with one attached hydrogen (secondary N) is 1. The summed E-state index contributed by atoms with van der Waals surface area (Å²) < 4.78 is 0. The number of nitrogens with zero attached hydrogens (tertiary/aromatic N) is 1. The fourth-order valence-corrected chi connectivity index (χ4v) is 4.51. The lowest BCUT2D eigenvalue weighted by Gasteiger charge is -2.39. The van der Waals surface area contributed by atoms with Crippen LogP contribution >= 0.6 is 23.7 Å². The molecule has 0 aromatic carbocycles. The van der Waals surface area contributed by atoms with Crippen molar-refractivity contribution < 1.29 is 4.79 Å². The summed E-state index contributed by atoms with van der Waals surface area (Å²) in [6, 6.07) is 4.16. The SMILES string of the molecule is CN(Cc1cccs1)C(=O)[C@@]12CCCC[C@H]1CNC2.Cl. The molecule has 0 spiro atoms. The lowest BCUT2D eigenvalue weighted by Crippen LogP contribution is -2.48. The molecular formula is C15H23ClN2OS. The molecule has 1 amide bonds. The summed E-state index contributed by atoms with van der Waals surface area (Å²) in [7, 11) is 1.96. The topological polar surface area (TPSA) is 32.3 Å². The number of thiophene rings is 1. The largest absolute Gasteiger partial charge is 0.340 e. The minimum atomic E-state index is -0.107. The molecule has 0 bridgehead atoms. The third-order valence-corrected chi connectivity index (χ3v) is 5.65. The maximum Gasteiger partial charge on any atom is 0.230 e. The van der Waals surface area contributed by atoms with Crippen molar-refractivity contribution in [3.05, 3.63) is 22.4 Å². The highest BCUT2D eigenvalue weighted by Gasteiger charge is 2.50. The molecular weight excluding hydrogens is 292 g/mol. The second kappa shape index (κ2) is 6.46. The van der Waals surface area contributed by atoms with Gasteiger partial charge in [0.2, 0.25) is 5.91 Å². The molecule has 2 atom stereocenters. The van der Waals surface area contributed by atoms with E-state index in [-0.39, 0.29) is 17.8 Å². The van der Waals surface area contributed by atoms with Crippen molar-refractivity contribution in [2.45, 2.75) is 32.2 Å². The van der Waals surface area contributed by atoms with Crippen LogP contribution in [0.2, 0.25) is 0 Å². The molecule has 3 rings (SSSR count). The Bertz CT molecular complexity index is 451. The predicted octanol–water partition coefficient (Wildman–Crippen LogP) is 2.91. The second-order valence-electron chi connectivity index (χ2n) is 5.97. The van der Waals surface area contributed by atoms with Gasteiger partial charge in [0.15, 0.2) is 0 Å². The van der Waals surface area contributed by atoms with Gasteiger partial charge >= 0.3 is 0 Å². The number of carbonyl (C=O) groups is 1. The molecule has 1 saturated heterocycles. The molecule has 3 nitrogen and oxygen atoms in total. The fourth-order valence-electron chi connectivity index (χ4n) is 3.76. The second-order valence-corrected chi connectivity index (χ2v) is 7.00. The Balaban J connectivity index is 0.00000147. The van der Waals surface area contributed by atoms with E-state index in [4.69, 9.17) is 0 Å². The van der Waals surface area contributed by atoms with Crippen LogP contribution in [-0.2, 0) is 11.3 Å². The van der Waals surface area contributed by atoms with E-state index in [0.717, 1.165) is 26.1 Å². The standard InChI is InChI=1S/C15H22N2OS.ClH/c1-17(10-13-6-4-8-19-13)14(18)15-7-3-2-5-12(15)9-16-11-15;/h4,6,8,12,16H,2-3,5,7,9-11H2,1H3;1H/t12-,15+;/m0./s1. The molecule has 1 N–H and O–H groups in total. The molecule has 1 saturated carbocycles. The minimum Gasteiger partial charge on any atom is -0.340 e. The lowest BCUT2D eigenvalue weighted by molar-refractivity contribution is -0.144. The Hall–Kier alpha value is -0.580. The van der Waals surface area contributed by atoms with Gasteiger partial charge < -0.3 is 10.2 Å². The monoisotopic (exact) mass is 314 g/mol. The van der Waals surface area contributed by atoms with Crippen LogP contribution in [-0.4, -0.2) is 30.9 Å². The molecule has 1 aliphatic carbocycles. The number of hydrogen-bond acceptors (Lipinski definition) is 3. The van der Waals surface area contributed by atoms with E-state index in [1.807, 2.05) is 11.9 Å². The molecule has 0 radical (unpaired) electrons. The summed E-state index contributed by atoms with van der Waals surface area (Å²) in [4.78, 5) is 16.1.